The maximum atomic E-state index is 12.3. The molecular formula is C20H22N4O2. The Morgan fingerprint density at radius 3 is 2.23 bits per heavy atom. The van der Waals surface area contributed by atoms with Crippen molar-refractivity contribution in [3.05, 3.63) is 65.2 Å². The van der Waals surface area contributed by atoms with E-state index in [1.165, 1.54) is 0 Å². The number of nitriles is 1. The van der Waals surface area contributed by atoms with Gasteiger partial charge < -0.3 is 15.5 Å². The zero-order chi connectivity index (χ0) is 18.9. The molecule has 0 radical (unpaired) electrons. The van der Waals surface area contributed by atoms with Crippen LogP contribution in [0.25, 0.3) is 0 Å². The molecule has 6 heteroatoms. The number of hydrogen-bond acceptors (Lipinski definition) is 4. The van der Waals surface area contributed by atoms with Gasteiger partial charge in [-0.3, -0.25) is 9.59 Å². The predicted octanol–water partition coefficient (Wildman–Crippen LogP) is 2.49. The summed E-state index contributed by atoms with van der Waals surface area (Å²) in [4.78, 5) is 26.5. The zero-order valence-corrected chi connectivity index (χ0v) is 15.0. The average molecular weight is 350 g/mol. The lowest BCUT2D eigenvalue weighted by atomic mass is 10.1. The monoisotopic (exact) mass is 350 g/mol. The largest absolute Gasteiger partial charge is 0.352 e. The molecule has 0 atom stereocenters. The minimum absolute atomic E-state index is 0.162. The van der Waals surface area contributed by atoms with Gasteiger partial charge in [-0.15, -0.1) is 0 Å². The van der Waals surface area contributed by atoms with Crippen molar-refractivity contribution in [1.82, 2.24) is 10.2 Å². The number of carbonyl (C=O) groups is 2. The number of nitrogens with zero attached hydrogens (tertiary/aromatic N) is 2. The van der Waals surface area contributed by atoms with E-state index >= 15 is 0 Å². The summed E-state index contributed by atoms with van der Waals surface area (Å²) in [5, 5.41) is 14.6. The number of benzene rings is 2. The molecule has 134 valence electrons. The van der Waals surface area contributed by atoms with E-state index in [9.17, 15) is 9.59 Å². The van der Waals surface area contributed by atoms with Crippen LogP contribution in [-0.4, -0.2) is 43.9 Å². The van der Waals surface area contributed by atoms with Gasteiger partial charge in [0, 0.05) is 17.7 Å². The van der Waals surface area contributed by atoms with E-state index in [1.54, 1.807) is 48.5 Å². The number of nitrogens with one attached hydrogen (secondary N) is 2. The van der Waals surface area contributed by atoms with Crippen LogP contribution in [-0.2, 0) is 0 Å². The number of anilines is 1. The summed E-state index contributed by atoms with van der Waals surface area (Å²) < 4.78 is 0. The molecule has 0 fully saturated rings. The Kier molecular flexibility index (Phi) is 6.89. The molecule has 0 aliphatic carbocycles. The van der Waals surface area contributed by atoms with Crippen LogP contribution < -0.4 is 10.6 Å². The summed E-state index contributed by atoms with van der Waals surface area (Å²) in [5.41, 5.74) is 1.78. The molecule has 0 aliphatic heterocycles. The lowest BCUT2D eigenvalue weighted by Crippen LogP contribution is -2.27. The average Bonchev–Trinajstić information content (AvgIpc) is 2.65. The number of carbonyl (C=O) groups excluding carboxylic acids is 2. The van der Waals surface area contributed by atoms with Gasteiger partial charge in [-0.25, -0.2) is 0 Å². The lowest BCUT2D eigenvalue weighted by Gasteiger charge is -2.10. The summed E-state index contributed by atoms with van der Waals surface area (Å²) in [7, 11) is 3.97. The maximum absolute atomic E-state index is 12.3. The van der Waals surface area contributed by atoms with Gasteiger partial charge in [-0.05, 0) is 63.5 Å². The Morgan fingerprint density at radius 1 is 1.00 bits per heavy atom. The van der Waals surface area contributed by atoms with Gasteiger partial charge >= 0.3 is 0 Å². The molecule has 6 nitrogen and oxygen atoms in total. The summed E-state index contributed by atoms with van der Waals surface area (Å²) in [6, 6.07) is 15.3. The summed E-state index contributed by atoms with van der Waals surface area (Å²) in [6.07, 6.45) is 0.873. The van der Waals surface area contributed by atoms with Crippen LogP contribution in [0.1, 0.15) is 32.7 Å². The second kappa shape index (κ2) is 9.35. The molecule has 2 rings (SSSR count). The number of amides is 2. The summed E-state index contributed by atoms with van der Waals surface area (Å²) in [5.74, 6) is -0.490. The van der Waals surface area contributed by atoms with E-state index in [0.717, 1.165) is 13.0 Å². The summed E-state index contributed by atoms with van der Waals surface area (Å²) >= 11 is 0. The molecule has 2 N–H and O–H groups in total. The van der Waals surface area contributed by atoms with E-state index < -0.39 is 0 Å². The fourth-order valence-corrected chi connectivity index (χ4v) is 2.36. The minimum Gasteiger partial charge on any atom is -0.352 e. The highest BCUT2D eigenvalue weighted by Crippen LogP contribution is 2.15. The van der Waals surface area contributed by atoms with E-state index in [2.05, 4.69) is 15.5 Å². The third-order valence-electron chi connectivity index (χ3n) is 3.77. The van der Waals surface area contributed by atoms with Crippen LogP contribution in [0.4, 0.5) is 5.69 Å². The molecule has 0 spiro atoms. The topological polar surface area (TPSA) is 85.2 Å². The molecule has 0 aromatic heterocycles. The molecule has 0 bridgehead atoms. The van der Waals surface area contributed by atoms with Gasteiger partial charge in [0.1, 0.15) is 6.07 Å². The highest BCUT2D eigenvalue weighted by Gasteiger charge is 2.10. The fourth-order valence-electron chi connectivity index (χ4n) is 2.36. The first-order valence-electron chi connectivity index (χ1n) is 8.34. The van der Waals surface area contributed by atoms with Crippen LogP contribution in [0.15, 0.2) is 48.5 Å². The molecule has 26 heavy (non-hydrogen) atoms. The van der Waals surface area contributed by atoms with Gasteiger partial charge in [-0.2, -0.15) is 5.26 Å². The SMILES string of the molecule is CN(C)CCCNC(=O)c1ccc(C(=O)Nc2ccccc2C#N)cc1. The third kappa shape index (κ3) is 5.43. The normalized spacial score (nSPS) is 10.2. The second-order valence-electron chi connectivity index (χ2n) is 6.10. The van der Waals surface area contributed by atoms with Crippen molar-refractivity contribution in [3.63, 3.8) is 0 Å². The predicted molar refractivity (Wildman–Crippen MR) is 101 cm³/mol. The first-order chi connectivity index (χ1) is 12.5. The Hall–Kier alpha value is -3.17. The van der Waals surface area contributed by atoms with Gasteiger partial charge in [0.25, 0.3) is 11.8 Å². The number of para-hydroxylation sites is 1. The van der Waals surface area contributed by atoms with Crippen molar-refractivity contribution >= 4 is 17.5 Å². The molecule has 0 saturated heterocycles. The van der Waals surface area contributed by atoms with Crippen molar-refractivity contribution in [2.24, 2.45) is 0 Å². The number of hydrogen-bond donors (Lipinski definition) is 2. The summed E-state index contributed by atoms with van der Waals surface area (Å²) in [6.45, 7) is 1.51. The van der Waals surface area contributed by atoms with Crippen LogP contribution in [0.3, 0.4) is 0 Å². The molecule has 0 saturated carbocycles. The molecule has 0 unspecified atom stereocenters. The Bertz CT molecular complexity index is 807. The van der Waals surface area contributed by atoms with E-state index in [0.29, 0.717) is 28.9 Å². The van der Waals surface area contributed by atoms with Gasteiger partial charge in [0.15, 0.2) is 0 Å². The first-order valence-corrected chi connectivity index (χ1v) is 8.34. The Labute approximate surface area is 153 Å². The van der Waals surface area contributed by atoms with Gasteiger partial charge in [0.2, 0.25) is 0 Å². The molecule has 0 aliphatic rings. The van der Waals surface area contributed by atoms with Crippen LogP contribution in [0.5, 0.6) is 0 Å². The van der Waals surface area contributed by atoms with E-state index in [4.69, 9.17) is 5.26 Å². The smallest absolute Gasteiger partial charge is 0.255 e. The Morgan fingerprint density at radius 2 is 1.62 bits per heavy atom. The lowest BCUT2D eigenvalue weighted by molar-refractivity contribution is 0.0950. The van der Waals surface area contributed by atoms with Crippen molar-refractivity contribution in [3.8, 4) is 6.07 Å². The van der Waals surface area contributed by atoms with Crippen LogP contribution in [0, 0.1) is 11.3 Å². The second-order valence-corrected chi connectivity index (χ2v) is 6.10. The van der Waals surface area contributed by atoms with Gasteiger partial charge in [0.05, 0.1) is 11.3 Å². The zero-order valence-electron chi connectivity index (χ0n) is 15.0. The quantitative estimate of drug-likeness (QED) is 0.751. The van der Waals surface area contributed by atoms with E-state index in [-0.39, 0.29) is 11.8 Å². The first kappa shape index (κ1) is 19.2. The molecule has 2 aromatic carbocycles. The van der Waals surface area contributed by atoms with Gasteiger partial charge in [-0.1, -0.05) is 12.1 Å². The molecule has 2 amide bonds. The Balaban J connectivity index is 1.95. The van der Waals surface area contributed by atoms with Crippen LogP contribution in [0.2, 0.25) is 0 Å². The number of rotatable bonds is 7. The van der Waals surface area contributed by atoms with Crippen molar-refractivity contribution in [2.45, 2.75) is 6.42 Å². The van der Waals surface area contributed by atoms with Crippen LogP contribution >= 0.6 is 0 Å². The molecule has 2 aromatic rings. The highest BCUT2D eigenvalue weighted by molar-refractivity contribution is 6.05. The third-order valence-corrected chi connectivity index (χ3v) is 3.77. The minimum atomic E-state index is -0.328. The van der Waals surface area contributed by atoms with Crippen molar-refractivity contribution in [2.75, 3.05) is 32.5 Å². The van der Waals surface area contributed by atoms with E-state index in [1.807, 2.05) is 20.2 Å². The standard InChI is InChI=1S/C20H22N4O2/c1-24(2)13-5-12-22-19(25)15-8-10-16(11-9-15)20(26)23-18-7-4-3-6-17(18)14-21/h3-4,6-11H,5,12-13H2,1-2H3,(H,22,25)(H,23,26). The highest BCUT2D eigenvalue weighted by atomic mass is 16.2. The van der Waals surface area contributed by atoms with Crippen molar-refractivity contribution in [1.29, 1.82) is 5.26 Å². The molecular weight excluding hydrogens is 328 g/mol. The van der Waals surface area contributed by atoms with Crippen molar-refractivity contribution < 1.29 is 9.59 Å². The maximum Gasteiger partial charge on any atom is 0.255 e. The molecule has 0 heterocycles. The fraction of sp³-hybridized carbons (Fsp3) is 0.250.